The normalized spacial score (nSPS) is 18.4. The minimum Gasteiger partial charge on any atom is -0.336 e. The summed E-state index contributed by atoms with van der Waals surface area (Å²) < 4.78 is 0. The Morgan fingerprint density at radius 1 is 1.05 bits per heavy atom. The number of hydrogen-bond acceptors (Lipinski definition) is 2. The van der Waals surface area contributed by atoms with Crippen LogP contribution in [0.2, 0.25) is 0 Å². The van der Waals surface area contributed by atoms with Gasteiger partial charge < -0.3 is 10.2 Å². The van der Waals surface area contributed by atoms with Crippen LogP contribution in [0.5, 0.6) is 0 Å². The topological polar surface area (TPSA) is 35.6 Å². The molecule has 20 heavy (non-hydrogen) atoms. The fourth-order valence-corrected chi connectivity index (χ4v) is 2.71. The van der Waals surface area contributed by atoms with Crippen LogP contribution in [0.1, 0.15) is 11.1 Å². The Bertz CT molecular complexity index is 481. The van der Waals surface area contributed by atoms with E-state index >= 15 is 0 Å². The lowest BCUT2D eigenvalue weighted by molar-refractivity contribution is 0.252. The first kappa shape index (κ1) is 17.1. The summed E-state index contributed by atoms with van der Waals surface area (Å²) in [5.41, 5.74) is 3.87. The number of carbonyl (C=O) groups is 1. The van der Waals surface area contributed by atoms with Crippen LogP contribution < -0.4 is 10.2 Å². The van der Waals surface area contributed by atoms with Crippen LogP contribution in [0.3, 0.4) is 0 Å². The predicted octanol–water partition coefficient (Wildman–Crippen LogP) is 2.09. The number of benzene rings is 1. The van der Waals surface area contributed by atoms with Crippen LogP contribution in [0, 0.1) is 0 Å². The fourth-order valence-electron chi connectivity index (χ4n) is 2.71. The van der Waals surface area contributed by atoms with E-state index in [0.717, 1.165) is 44.7 Å². The zero-order valence-corrected chi connectivity index (χ0v) is 13.2. The van der Waals surface area contributed by atoms with E-state index in [2.05, 4.69) is 35.5 Å². The molecule has 0 unspecified atom stereocenters. The third-order valence-corrected chi connectivity index (χ3v) is 3.88. The number of hydrogen-bond donors (Lipinski definition) is 1. The molecular formula is C14H21Cl2N3O. The second-order valence-corrected chi connectivity index (χ2v) is 5.14. The highest BCUT2D eigenvalue weighted by Crippen LogP contribution is 2.23. The standard InChI is InChI=1S/C14H19N3O.2ClH/c1-16-7-4-11-2-3-13(10-12(11)5-8-16)17-9-6-15-14(17)18;;/h2-3,10H,4-9H2,1H3,(H,15,18);2*1H. The molecule has 1 saturated heterocycles. The Morgan fingerprint density at radius 3 is 2.40 bits per heavy atom. The number of anilines is 1. The SMILES string of the molecule is CN1CCc2ccc(N3CCNC3=O)cc2CC1.Cl.Cl. The Balaban J connectivity index is 0.000001000. The lowest BCUT2D eigenvalue weighted by atomic mass is 10.0. The van der Waals surface area contributed by atoms with Crippen molar-refractivity contribution in [2.24, 2.45) is 0 Å². The molecule has 1 fully saturated rings. The van der Waals surface area contributed by atoms with Gasteiger partial charge in [-0.3, -0.25) is 4.90 Å². The lowest BCUT2D eigenvalue weighted by Crippen LogP contribution is -2.27. The third kappa shape index (κ3) is 3.37. The number of nitrogens with zero attached hydrogens (tertiary/aromatic N) is 2. The largest absolute Gasteiger partial charge is 0.336 e. The minimum atomic E-state index is 0. The van der Waals surface area contributed by atoms with Crippen molar-refractivity contribution in [2.75, 3.05) is 38.1 Å². The van der Waals surface area contributed by atoms with Crippen LogP contribution in [0.25, 0.3) is 0 Å². The van der Waals surface area contributed by atoms with Gasteiger partial charge in [0.1, 0.15) is 0 Å². The second-order valence-electron chi connectivity index (χ2n) is 5.14. The van der Waals surface area contributed by atoms with E-state index in [1.165, 1.54) is 11.1 Å². The molecule has 2 aliphatic heterocycles. The average Bonchev–Trinajstić information content (AvgIpc) is 2.71. The highest BCUT2D eigenvalue weighted by molar-refractivity contribution is 5.94. The first-order chi connectivity index (χ1) is 8.74. The van der Waals surface area contributed by atoms with E-state index in [1.807, 2.05) is 4.90 Å². The molecular weight excluding hydrogens is 297 g/mol. The van der Waals surface area contributed by atoms with E-state index in [-0.39, 0.29) is 30.8 Å². The van der Waals surface area contributed by atoms with Crippen molar-refractivity contribution in [2.45, 2.75) is 12.8 Å². The van der Waals surface area contributed by atoms with Gasteiger partial charge in [-0.2, -0.15) is 0 Å². The van der Waals surface area contributed by atoms with E-state index in [9.17, 15) is 4.79 Å². The molecule has 4 nitrogen and oxygen atoms in total. The molecule has 0 atom stereocenters. The van der Waals surface area contributed by atoms with Crippen molar-refractivity contribution in [3.8, 4) is 0 Å². The highest BCUT2D eigenvalue weighted by Gasteiger charge is 2.22. The van der Waals surface area contributed by atoms with Gasteiger partial charge in [-0.25, -0.2) is 4.79 Å². The van der Waals surface area contributed by atoms with Crippen LogP contribution in [0.4, 0.5) is 10.5 Å². The zero-order chi connectivity index (χ0) is 12.5. The molecule has 1 aromatic rings. The summed E-state index contributed by atoms with van der Waals surface area (Å²) in [5, 5.41) is 2.85. The Labute approximate surface area is 132 Å². The quantitative estimate of drug-likeness (QED) is 0.861. The van der Waals surface area contributed by atoms with Crippen LogP contribution >= 0.6 is 24.8 Å². The first-order valence-electron chi connectivity index (χ1n) is 6.60. The molecule has 0 radical (unpaired) electrons. The minimum absolute atomic E-state index is 0. The molecule has 112 valence electrons. The number of likely N-dealkylation sites (N-methyl/N-ethyl adjacent to an activating group) is 1. The molecule has 2 heterocycles. The fraction of sp³-hybridized carbons (Fsp3) is 0.500. The number of urea groups is 1. The summed E-state index contributed by atoms with van der Waals surface area (Å²) in [5.74, 6) is 0. The van der Waals surface area contributed by atoms with Crippen LogP contribution in [-0.2, 0) is 12.8 Å². The molecule has 2 aliphatic rings. The Morgan fingerprint density at radius 2 is 1.75 bits per heavy atom. The summed E-state index contributed by atoms with van der Waals surface area (Å²) in [4.78, 5) is 15.9. The second kappa shape index (κ2) is 7.16. The molecule has 6 heteroatoms. The zero-order valence-electron chi connectivity index (χ0n) is 11.6. The van der Waals surface area contributed by atoms with Gasteiger partial charge in [0.25, 0.3) is 0 Å². The molecule has 0 aromatic heterocycles. The molecule has 1 N–H and O–H groups in total. The van der Waals surface area contributed by atoms with Gasteiger partial charge >= 0.3 is 6.03 Å². The first-order valence-corrected chi connectivity index (χ1v) is 6.60. The van der Waals surface area contributed by atoms with Gasteiger partial charge in [-0.15, -0.1) is 24.8 Å². The smallest absolute Gasteiger partial charge is 0.321 e. The molecule has 2 amide bonds. The Kier molecular flexibility index (Phi) is 6.11. The van der Waals surface area contributed by atoms with E-state index in [1.54, 1.807) is 0 Å². The number of nitrogens with one attached hydrogen (secondary N) is 1. The maximum absolute atomic E-state index is 11.7. The van der Waals surface area contributed by atoms with Gasteiger partial charge in [-0.05, 0) is 43.1 Å². The van der Waals surface area contributed by atoms with Crippen molar-refractivity contribution in [3.05, 3.63) is 29.3 Å². The maximum atomic E-state index is 11.7. The predicted molar refractivity (Wildman–Crippen MR) is 86.6 cm³/mol. The van der Waals surface area contributed by atoms with Crippen molar-refractivity contribution >= 4 is 36.5 Å². The molecule has 0 bridgehead atoms. The molecule has 0 saturated carbocycles. The van der Waals surface area contributed by atoms with Gasteiger partial charge in [0.15, 0.2) is 0 Å². The monoisotopic (exact) mass is 317 g/mol. The van der Waals surface area contributed by atoms with Crippen molar-refractivity contribution in [3.63, 3.8) is 0 Å². The summed E-state index contributed by atoms with van der Waals surface area (Å²) in [6, 6.07) is 6.49. The summed E-state index contributed by atoms with van der Waals surface area (Å²) in [6.07, 6.45) is 2.19. The van der Waals surface area contributed by atoms with Crippen molar-refractivity contribution in [1.82, 2.24) is 10.2 Å². The molecule has 0 spiro atoms. The highest BCUT2D eigenvalue weighted by atomic mass is 35.5. The van der Waals surface area contributed by atoms with E-state index in [4.69, 9.17) is 0 Å². The maximum Gasteiger partial charge on any atom is 0.321 e. The van der Waals surface area contributed by atoms with Gasteiger partial charge in [0, 0.05) is 31.9 Å². The lowest BCUT2D eigenvalue weighted by Gasteiger charge is -2.16. The van der Waals surface area contributed by atoms with Gasteiger partial charge in [0.2, 0.25) is 0 Å². The van der Waals surface area contributed by atoms with Crippen LogP contribution in [0.15, 0.2) is 18.2 Å². The van der Waals surface area contributed by atoms with Crippen molar-refractivity contribution in [1.29, 1.82) is 0 Å². The number of carbonyl (C=O) groups excluding carboxylic acids is 1. The summed E-state index contributed by atoms with van der Waals surface area (Å²) in [7, 11) is 2.17. The van der Waals surface area contributed by atoms with Gasteiger partial charge in [0.05, 0.1) is 0 Å². The third-order valence-electron chi connectivity index (χ3n) is 3.88. The number of rotatable bonds is 1. The number of halogens is 2. The summed E-state index contributed by atoms with van der Waals surface area (Å²) >= 11 is 0. The average molecular weight is 318 g/mol. The Hall–Kier alpha value is -0.970. The van der Waals surface area contributed by atoms with E-state index < -0.39 is 0 Å². The molecule has 1 aromatic carbocycles. The number of fused-ring (bicyclic) bond motifs is 1. The number of amides is 2. The van der Waals surface area contributed by atoms with Crippen LogP contribution in [-0.4, -0.2) is 44.2 Å². The van der Waals surface area contributed by atoms with Crippen molar-refractivity contribution < 1.29 is 4.79 Å². The summed E-state index contributed by atoms with van der Waals surface area (Å²) in [6.45, 7) is 3.75. The van der Waals surface area contributed by atoms with E-state index in [0.29, 0.717) is 0 Å². The molecule has 3 rings (SSSR count). The van der Waals surface area contributed by atoms with Gasteiger partial charge in [-0.1, -0.05) is 6.07 Å². The molecule has 0 aliphatic carbocycles.